The molecule has 1 N–H and O–H groups in total. The Balaban J connectivity index is 1.73. The number of fused-ring (bicyclic) bond motifs is 1. The molecule has 2 saturated carbocycles. The summed E-state index contributed by atoms with van der Waals surface area (Å²) in [6.07, 6.45) is -0.452. The number of esters is 2. The summed E-state index contributed by atoms with van der Waals surface area (Å²) in [6.45, 7) is 9.90. The van der Waals surface area contributed by atoms with Crippen LogP contribution in [0.4, 0.5) is 0 Å². The third kappa shape index (κ3) is 4.39. The van der Waals surface area contributed by atoms with E-state index >= 15 is 0 Å². The molecular weight excluding hydrogens is 528 g/mol. The van der Waals surface area contributed by atoms with Crippen LogP contribution in [0.25, 0.3) is 0 Å². The van der Waals surface area contributed by atoms with Crippen LogP contribution in [-0.4, -0.2) is 71.8 Å². The molecule has 0 bridgehead atoms. The van der Waals surface area contributed by atoms with Gasteiger partial charge < -0.3 is 24.1 Å². The molecule has 0 radical (unpaired) electrons. The second kappa shape index (κ2) is 10.1. The fourth-order valence-corrected chi connectivity index (χ4v) is 8.16. The molecule has 0 spiro atoms. The monoisotopic (exact) mass is 568 g/mol. The van der Waals surface area contributed by atoms with Crippen molar-refractivity contribution in [2.45, 2.75) is 77.5 Å². The van der Waals surface area contributed by atoms with Crippen LogP contribution in [0.5, 0.6) is 0 Å². The number of carbonyl (C=O) groups is 4. The summed E-state index contributed by atoms with van der Waals surface area (Å²) in [7, 11) is 1.57. The number of hydrogen-bond acceptors (Lipinski definition) is 9. The predicted molar refractivity (Wildman–Crippen MR) is 147 cm³/mol. The van der Waals surface area contributed by atoms with Gasteiger partial charge >= 0.3 is 11.9 Å². The summed E-state index contributed by atoms with van der Waals surface area (Å²) < 4.78 is 24.1. The van der Waals surface area contributed by atoms with E-state index in [1.807, 2.05) is 26.8 Å². The van der Waals surface area contributed by atoms with E-state index in [0.29, 0.717) is 11.1 Å². The summed E-state index contributed by atoms with van der Waals surface area (Å²) in [5.74, 6) is -4.06. The number of ether oxygens (including phenoxy) is 4. The van der Waals surface area contributed by atoms with Crippen molar-refractivity contribution in [3.05, 3.63) is 47.5 Å². The fourth-order valence-electron chi connectivity index (χ4n) is 8.16. The third-order valence-electron chi connectivity index (χ3n) is 10.0. The van der Waals surface area contributed by atoms with Crippen LogP contribution < -0.4 is 0 Å². The summed E-state index contributed by atoms with van der Waals surface area (Å²) >= 11 is 0. The van der Waals surface area contributed by atoms with E-state index < -0.39 is 64.6 Å². The topological polar surface area (TPSA) is 129 Å². The lowest BCUT2D eigenvalue weighted by molar-refractivity contribution is -0.154. The smallest absolute Gasteiger partial charge is 0.303 e. The van der Waals surface area contributed by atoms with Crippen molar-refractivity contribution in [2.24, 2.45) is 35.0 Å². The minimum absolute atomic E-state index is 0.129. The van der Waals surface area contributed by atoms with Crippen LogP contribution in [0, 0.1) is 35.0 Å². The van der Waals surface area contributed by atoms with Crippen molar-refractivity contribution < 1.29 is 43.2 Å². The van der Waals surface area contributed by atoms with Gasteiger partial charge in [-0.15, -0.1) is 0 Å². The largest absolute Gasteiger partial charge is 0.461 e. The number of methoxy groups -OCH3 is 1. The number of carbonyl (C=O) groups excluding carboxylic acids is 4. The second-order valence-electron chi connectivity index (χ2n) is 12.8. The van der Waals surface area contributed by atoms with Crippen LogP contribution >= 0.6 is 0 Å². The summed E-state index contributed by atoms with van der Waals surface area (Å²) in [6, 6.07) is 8.95. The predicted octanol–water partition coefficient (Wildman–Crippen LogP) is 3.32. The number of rotatable bonds is 6. The molecule has 4 aliphatic rings. The first-order chi connectivity index (χ1) is 19.3. The summed E-state index contributed by atoms with van der Waals surface area (Å²) in [5.41, 5.74) is -2.06. The molecule has 1 heterocycles. The first-order valence-electron chi connectivity index (χ1n) is 14.3. The molecule has 1 aliphatic heterocycles. The molecule has 5 rings (SSSR count). The maximum atomic E-state index is 14.4. The van der Waals surface area contributed by atoms with Crippen molar-refractivity contribution >= 4 is 23.5 Å². The molecule has 0 aromatic heterocycles. The van der Waals surface area contributed by atoms with E-state index in [0.717, 1.165) is 0 Å². The standard InChI is InChI=1S/C32H40O9/c1-16-13-32-29(40-19(4)35)21(15-33)14-31(32,41-32)28(37)17(2)26(39-18(3)34)23-24(30(23,5)6)27(38-7)22(16)25(36)20-11-9-8-10-12-20/h8-13,17,21-24,26-27,29,33H,14-15H2,1-7H3/b16-13-/t17-,21+,22+,23+,24-,26+,27-,29+,31+,32+/m1/s1. The number of epoxide rings is 1. The van der Waals surface area contributed by atoms with Crippen molar-refractivity contribution in [3.8, 4) is 0 Å². The van der Waals surface area contributed by atoms with E-state index in [1.165, 1.54) is 13.8 Å². The van der Waals surface area contributed by atoms with Gasteiger partial charge in [0.15, 0.2) is 22.8 Å². The number of ketones is 2. The van der Waals surface area contributed by atoms with Gasteiger partial charge in [-0.05, 0) is 30.8 Å². The number of Topliss-reactive ketones (excluding diaryl/α,β-unsaturated/α-hetero) is 2. The lowest BCUT2D eigenvalue weighted by atomic mass is 9.79. The summed E-state index contributed by atoms with van der Waals surface area (Å²) in [4.78, 5) is 53.2. The third-order valence-corrected chi connectivity index (χ3v) is 10.0. The lowest BCUT2D eigenvalue weighted by Gasteiger charge is -2.30. The van der Waals surface area contributed by atoms with Crippen LogP contribution in [0.2, 0.25) is 0 Å². The van der Waals surface area contributed by atoms with E-state index in [9.17, 15) is 24.3 Å². The second-order valence-corrected chi connectivity index (χ2v) is 12.8. The highest BCUT2D eigenvalue weighted by molar-refractivity contribution is 6.00. The molecule has 0 amide bonds. The highest BCUT2D eigenvalue weighted by Crippen LogP contribution is 2.69. The minimum Gasteiger partial charge on any atom is -0.461 e. The normalized spacial score (nSPS) is 41.9. The zero-order chi connectivity index (χ0) is 30.1. The molecule has 0 unspecified atom stereocenters. The Labute approximate surface area is 240 Å². The molecule has 10 atom stereocenters. The zero-order valence-corrected chi connectivity index (χ0v) is 24.7. The number of benzene rings is 1. The molecular formula is C32H40O9. The summed E-state index contributed by atoms with van der Waals surface area (Å²) in [5, 5.41) is 10.3. The van der Waals surface area contributed by atoms with Crippen LogP contribution in [0.15, 0.2) is 42.0 Å². The highest BCUT2D eigenvalue weighted by Gasteiger charge is 2.84. The maximum absolute atomic E-state index is 14.4. The average molecular weight is 569 g/mol. The van der Waals surface area contributed by atoms with Gasteiger partial charge in [-0.25, -0.2) is 0 Å². The van der Waals surface area contributed by atoms with Crippen molar-refractivity contribution in [3.63, 3.8) is 0 Å². The van der Waals surface area contributed by atoms with Gasteiger partial charge in [0.2, 0.25) is 0 Å². The number of aliphatic hydroxyl groups excluding tert-OH is 1. The van der Waals surface area contributed by atoms with Crippen LogP contribution in [0.3, 0.4) is 0 Å². The van der Waals surface area contributed by atoms with Crippen molar-refractivity contribution in [2.75, 3.05) is 13.7 Å². The van der Waals surface area contributed by atoms with Gasteiger partial charge in [-0.3, -0.25) is 19.2 Å². The SMILES string of the molecule is CO[C@H]1[C@H]2[C@@H]([C@@H](OC(C)=O)[C@@H](C)C(=O)[C@@]34C[C@@H](CO)[C@H](OC(C)=O)[C@]3(/C=C(/C)[C@H]1C(=O)c1ccccc1)O4)C2(C)C. The zero-order valence-electron chi connectivity index (χ0n) is 24.7. The molecule has 9 nitrogen and oxygen atoms in total. The Hall–Kier alpha value is -2.88. The molecule has 222 valence electrons. The van der Waals surface area contributed by atoms with Gasteiger partial charge in [0.1, 0.15) is 12.2 Å². The minimum atomic E-state index is -1.40. The molecule has 1 aromatic rings. The van der Waals surface area contributed by atoms with Crippen molar-refractivity contribution in [1.29, 1.82) is 0 Å². The Morgan fingerprint density at radius 2 is 1.63 bits per heavy atom. The number of hydrogen-bond donors (Lipinski definition) is 1. The lowest BCUT2D eigenvalue weighted by Crippen LogP contribution is -2.43. The first kappa shape index (κ1) is 29.6. The molecule has 3 aliphatic carbocycles. The fraction of sp³-hybridized carbons (Fsp3) is 0.625. The van der Waals surface area contributed by atoms with Gasteiger partial charge in [-0.1, -0.05) is 56.7 Å². The van der Waals surface area contributed by atoms with E-state index in [4.69, 9.17) is 18.9 Å². The van der Waals surface area contributed by atoms with E-state index in [2.05, 4.69) is 0 Å². The van der Waals surface area contributed by atoms with Gasteiger partial charge in [-0.2, -0.15) is 0 Å². The molecule has 1 saturated heterocycles. The molecule has 41 heavy (non-hydrogen) atoms. The van der Waals surface area contributed by atoms with E-state index in [-0.39, 0.29) is 36.4 Å². The molecule has 1 aromatic carbocycles. The van der Waals surface area contributed by atoms with Gasteiger partial charge in [0, 0.05) is 45.0 Å². The van der Waals surface area contributed by atoms with E-state index in [1.54, 1.807) is 44.4 Å². The Morgan fingerprint density at radius 1 is 1.02 bits per heavy atom. The molecule has 9 heteroatoms. The van der Waals surface area contributed by atoms with Gasteiger partial charge in [0.25, 0.3) is 0 Å². The molecule has 3 fully saturated rings. The van der Waals surface area contributed by atoms with Crippen LogP contribution in [-0.2, 0) is 33.3 Å². The quantitative estimate of drug-likeness (QED) is 0.238. The van der Waals surface area contributed by atoms with Crippen LogP contribution in [0.1, 0.15) is 58.3 Å². The average Bonchev–Trinajstić information content (AvgIpc) is 3.71. The Bertz CT molecular complexity index is 1290. The first-order valence-corrected chi connectivity index (χ1v) is 14.3. The Kier molecular flexibility index (Phi) is 7.32. The number of aliphatic hydroxyl groups is 1. The highest BCUT2D eigenvalue weighted by atomic mass is 16.7. The van der Waals surface area contributed by atoms with Gasteiger partial charge in [0.05, 0.1) is 17.9 Å². The Morgan fingerprint density at radius 3 is 2.20 bits per heavy atom. The van der Waals surface area contributed by atoms with Crippen molar-refractivity contribution in [1.82, 2.24) is 0 Å². The maximum Gasteiger partial charge on any atom is 0.303 e.